The summed E-state index contributed by atoms with van der Waals surface area (Å²) in [6.07, 6.45) is 3.90. The monoisotopic (exact) mass is 241 g/mol. The number of halogens is 2. The van der Waals surface area contributed by atoms with E-state index in [9.17, 15) is 8.78 Å². The van der Waals surface area contributed by atoms with E-state index in [1.807, 2.05) is 0 Å². The second kappa shape index (κ2) is 5.45. The van der Waals surface area contributed by atoms with Crippen molar-refractivity contribution in [3.05, 3.63) is 29.3 Å². The predicted molar refractivity (Wildman–Crippen MR) is 62.3 cm³/mol. The highest BCUT2D eigenvalue weighted by Crippen LogP contribution is 2.26. The number of nitrogens with one attached hydrogen (secondary N) is 1. The Morgan fingerprint density at radius 2 is 2.18 bits per heavy atom. The Hall–Kier alpha value is -1.16. The van der Waals surface area contributed by atoms with Crippen LogP contribution in [0.5, 0.6) is 5.75 Å². The lowest BCUT2D eigenvalue weighted by Crippen LogP contribution is -2.35. The minimum absolute atomic E-state index is 0.262. The standard InChI is InChI=1S/C13H17F2NO/c1-17-13-7-9(14)6-12(15)11(13)8-10-4-2-3-5-16-10/h6-7,10,16H,2-5,8H2,1H3. The zero-order valence-corrected chi connectivity index (χ0v) is 9.93. The van der Waals surface area contributed by atoms with Crippen molar-refractivity contribution in [3.8, 4) is 5.75 Å². The van der Waals surface area contributed by atoms with Gasteiger partial charge in [0.2, 0.25) is 0 Å². The first-order valence-electron chi connectivity index (χ1n) is 5.96. The third-order valence-electron chi connectivity index (χ3n) is 3.20. The van der Waals surface area contributed by atoms with E-state index in [0.29, 0.717) is 17.7 Å². The van der Waals surface area contributed by atoms with Gasteiger partial charge in [-0.25, -0.2) is 8.78 Å². The molecule has 17 heavy (non-hydrogen) atoms. The highest BCUT2D eigenvalue weighted by molar-refractivity contribution is 5.36. The lowest BCUT2D eigenvalue weighted by molar-refractivity contribution is 0.372. The van der Waals surface area contributed by atoms with Gasteiger partial charge in [-0.3, -0.25) is 0 Å². The fourth-order valence-electron chi connectivity index (χ4n) is 2.30. The Labute approximate surface area is 100.0 Å². The second-order valence-electron chi connectivity index (χ2n) is 4.42. The molecule has 1 fully saturated rings. The molecule has 0 saturated carbocycles. The molecular formula is C13H17F2NO. The van der Waals surface area contributed by atoms with Crippen molar-refractivity contribution in [1.29, 1.82) is 0 Å². The first kappa shape index (κ1) is 12.3. The molecule has 1 aromatic rings. The zero-order chi connectivity index (χ0) is 12.3. The molecule has 1 aliphatic heterocycles. The molecular weight excluding hydrogens is 224 g/mol. The van der Waals surface area contributed by atoms with E-state index in [2.05, 4.69) is 5.32 Å². The molecule has 0 bridgehead atoms. The van der Waals surface area contributed by atoms with Gasteiger partial charge in [-0.05, 0) is 25.8 Å². The number of piperidine rings is 1. The maximum atomic E-state index is 13.7. The minimum atomic E-state index is -0.597. The molecule has 0 aromatic heterocycles. The van der Waals surface area contributed by atoms with Crippen molar-refractivity contribution in [2.75, 3.05) is 13.7 Å². The molecule has 0 aliphatic carbocycles. The van der Waals surface area contributed by atoms with Crippen LogP contribution in [-0.4, -0.2) is 19.7 Å². The van der Waals surface area contributed by atoms with Crippen LogP contribution in [0.15, 0.2) is 12.1 Å². The summed E-state index contributed by atoms with van der Waals surface area (Å²) in [6, 6.07) is 2.42. The summed E-state index contributed by atoms with van der Waals surface area (Å²) in [5.41, 5.74) is 0.466. The van der Waals surface area contributed by atoms with Gasteiger partial charge in [-0.2, -0.15) is 0 Å². The SMILES string of the molecule is COc1cc(F)cc(F)c1CC1CCCCN1. The molecule has 1 heterocycles. The van der Waals surface area contributed by atoms with Gasteiger partial charge in [-0.1, -0.05) is 6.42 Å². The molecule has 0 radical (unpaired) electrons. The van der Waals surface area contributed by atoms with Gasteiger partial charge < -0.3 is 10.1 Å². The molecule has 4 heteroatoms. The van der Waals surface area contributed by atoms with E-state index in [1.54, 1.807) is 0 Å². The Kier molecular flexibility index (Phi) is 3.94. The van der Waals surface area contributed by atoms with Crippen LogP contribution in [0, 0.1) is 11.6 Å². The largest absolute Gasteiger partial charge is 0.496 e. The number of ether oxygens (including phenoxy) is 1. The van der Waals surface area contributed by atoms with Gasteiger partial charge in [0, 0.05) is 23.7 Å². The summed E-state index contributed by atoms with van der Waals surface area (Å²) < 4.78 is 31.8. The number of benzene rings is 1. The molecule has 1 N–H and O–H groups in total. The average molecular weight is 241 g/mol. The topological polar surface area (TPSA) is 21.3 Å². The Morgan fingerprint density at radius 3 is 2.82 bits per heavy atom. The van der Waals surface area contributed by atoms with Crippen LogP contribution < -0.4 is 10.1 Å². The molecule has 94 valence electrons. The van der Waals surface area contributed by atoms with E-state index in [1.165, 1.54) is 19.6 Å². The summed E-state index contributed by atoms with van der Waals surface area (Å²) in [5, 5.41) is 3.34. The zero-order valence-electron chi connectivity index (χ0n) is 9.93. The Balaban J connectivity index is 2.18. The Bertz CT molecular complexity index is 389. The summed E-state index contributed by atoms with van der Waals surface area (Å²) in [4.78, 5) is 0. The smallest absolute Gasteiger partial charge is 0.133 e. The molecule has 0 amide bonds. The summed E-state index contributed by atoms with van der Waals surface area (Å²) >= 11 is 0. The number of methoxy groups -OCH3 is 1. The summed E-state index contributed by atoms with van der Waals surface area (Å²) in [6.45, 7) is 0.968. The van der Waals surface area contributed by atoms with Crippen LogP contribution in [0.25, 0.3) is 0 Å². The molecule has 1 unspecified atom stereocenters. The predicted octanol–water partition coefficient (Wildman–Crippen LogP) is 2.66. The van der Waals surface area contributed by atoms with E-state index in [0.717, 1.165) is 25.5 Å². The molecule has 2 rings (SSSR count). The molecule has 1 saturated heterocycles. The minimum Gasteiger partial charge on any atom is -0.496 e. The lowest BCUT2D eigenvalue weighted by atomic mass is 9.97. The van der Waals surface area contributed by atoms with Gasteiger partial charge in [0.25, 0.3) is 0 Å². The van der Waals surface area contributed by atoms with Crippen LogP contribution in [0.3, 0.4) is 0 Å². The van der Waals surface area contributed by atoms with Crippen molar-refractivity contribution in [1.82, 2.24) is 5.32 Å². The van der Waals surface area contributed by atoms with Crippen molar-refractivity contribution >= 4 is 0 Å². The molecule has 2 nitrogen and oxygen atoms in total. The highest BCUT2D eigenvalue weighted by Gasteiger charge is 2.19. The van der Waals surface area contributed by atoms with Gasteiger partial charge >= 0.3 is 0 Å². The lowest BCUT2D eigenvalue weighted by Gasteiger charge is -2.24. The fraction of sp³-hybridized carbons (Fsp3) is 0.538. The van der Waals surface area contributed by atoms with Crippen molar-refractivity contribution in [3.63, 3.8) is 0 Å². The molecule has 1 aliphatic rings. The molecule has 1 atom stereocenters. The van der Waals surface area contributed by atoms with Crippen LogP contribution in [-0.2, 0) is 6.42 Å². The average Bonchev–Trinajstić information content (AvgIpc) is 2.33. The quantitative estimate of drug-likeness (QED) is 0.878. The normalized spacial score (nSPS) is 20.3. The first-order valence-corrected chi connectivity index (χ1v) is 5.96. The van der Waals surface area contributed by atoms with Crippen LogP contribution in [0.1, 0.15) is 24.8 Å². The van der Waals surface area contributed by atoms with Crippen LogP contribution in [0.2, 0.25) is 0 Å². The van der Waals surface area contributed by atoms with Gasteiger partial charge in [0.05, 0.1) is 7.11 Å². The highest BCUT2D eigenvalue weighted by atomic mass is 19.1. The number of rotatable bonds is 3. The Morgan fingerprint density at radius 1 is 1.35 bits per heavy atom. The first-order chi connectivity index (χ1) is 8.20. The molecule has 0 spiro atoms. The van der Waals surface area contributed by atoms with Crippen molar-refractivity contribution in [2.45, 2.75) is 31.7 Å². The molecule has 1 aromatic carbocycles. The van der Waals surface area contributed by atoms with Gasteiger partial charge in [0.1, 0.15) is 17.4 Å². The number of hydrogen-bond donors (Lipinski definition) is 1. The maximum absolute atomic E-state index is 13.7. The van der Waals surface area contributed by atoms with Crippen LogP contribution >= 0.6 is 0 Å². The van der Waals surface area contributed by atoms with E-state index < -0.39 is 11.6 Å². The van der Waals surface area contributed by atoms with E-state index >= 15 is 0 Å². The van der Waals surface area contributed by atoms with Gasteiger partial charge in [0.15, 0.2) is 0 Å². The fourth-order valence-corrected chi connectivity index (χ4v) is 2.30. The number of hydrogen-bond acceptors (Lipinski definition) is 2. The summed E-state index contributed by atoms with van der Waals surface area (Å²) in [5.74, 6) is -0.816. The van der Waals surface area contributed by atoms with Crippen LogP contribution in [0.4, 0.5) is 8.78 Å². The maximum Gasteiger partial charge on any atom is 0.133 e. The van der Waals surface area contributed by atoms with Gasteiger partial charge in [-0.15, -0.1) is 0 Å². The van der Waals surface area contributed by atoms with E-state index in [-0.39, 0.29) is 6.04 Å². The van der Waals surface area contributed by atoms with Crippen molar-refractivity contribution in [2.24, 2.45) is 0 Å². The third kappa shape index (κ3) is 2.94. The van der Waals surface area contributed by atoms with E-state index in [4.69, 9.17) is 4.74 Å². The second-order valence-corrected chi connectivity index (χ2v) is 4.42. The van der Waals surface area contributed by atoms with Crippen molar-refractivity contribution < 1.29 is 13.5 Å². The summed E-state index contributed by atoms with van der Waals surface area (Å²) in [7, 11) is 1.44. The third-order valence-corrected chi connectivity index (χ3v) is 3.20.